The van der Waals surface area contributed by atoms with Crippen LogP contribution in [0, 0.1) is 0 Å². The fourth-order valence-corrected chi connectivity index (χ4v) is 4.23. The van der Waals surface area contributed by atoms with E-state index in [9.17, 15) is 0 Å². The minimum absolute atomic E-state index is 0.191. The Kier molecular flexibility index (Phi) is 4.11. The van der Waals surface area contributed by atoms with Crippen LogP contribution in [0.5, 0.6) is 0 Å². The summed E-state index contributed by atoms with van der Waals surface area (Å²) in [6.07, 6.45) is 1.08. The van der Waals surface area contributed by atoms with Crippen molar-refractivity contribution in [2.24, 2.45) is 0 Å². The third kappa shape index (κ3) is 2.89. The van der Waals surface area contributed by atoms with Crippen LogP contribution in [0.1, 0.15) is 29.3 Å². The topological polar surface area (TPSA) is 34.1 Å². The average Bonchev–Trinajstić information content (AvgIpc) is 2.86. The molecule has 0 radical (unpaired) electrons. The van der Waals surface area contributed by atoms with Crippen LogP contribution in [0.15, 0.2) is 24.3 Å². The molecule has 0 spiro atoms. The molecule has 0 unspecified atom stereocenters. The average molecular weight is 302 g/mol. The molecule has 3 nitrogen and oxygen atoms in total. The zero-order valence-electron chi connectivity index (χ0n) is 12.9. The summed E-state index contributed by atoms with van der Waals surface area (Å²) in [7, 11) is 1.72. The number of nitrogens with one attached hydrogen (secondary N) is 1. The first-order chi connectivity index (χ1) is 10.1. The lowest BCUT2D eigenvalue weighted by molar-refractivity contribution is 0.199. The standard InChI is InChI=1S/C17H22N2OS/c1-17(2)10-14-16(12-6-4-5-7-13(12)17)19-15(21-14)11-18-8-9-20-3/h4-7,18H,8-11H2,1-3H3. The lowest BCUT2D eigenvalue weighted by atomic mass is 9.74. The van der Waals surface area contributed by atoms with Crippen molar-refractivity contribution in [1.29, 1.82) is 0 Å². The van der Waals surface area contributed by atoms with Gasteiger partial charge < -0.3 is 10.1 Å². The number of nitrogens with zero attached hydrogens (tertiary/aromatic N) is 1. The smallest absolute Gasteiger partial charge is 0.107 e. The molecule has 0 saturated carbocycles. The molecule has 0 fully saturated rings. The SMILES string of the molecule is COCCNCc1nc2c(s1)CC(C)(C)c1ccccc1-2. The quantitative estimate of drug-likeness (QED) is 0.860. The third-order valence-electron chi connectivity index (χ3n) is 4.01. The van der Waals surface area contributed by atoms with E-state index in [-0.39, 0.29) is 5.41 Å². The fourth-order valence-electron chi connectivity index (χ4n) is 2.95. The van der Waals surface area contributed by atoms with Gasteiger partial charge in [-0.15, -0.1) is 11.3 Å². The van der Waals surface area contributed by atoms with E-state index in [0.717, 1.165) is 26.1 Å². The van der Waals surface area contributed by atoms with E-state index in [1.54, 1.807) is 7.11 Å². The number of hydrogen-bond donors (Lipinski definition) is 1. The first kappa shape index (κ1) is 14.7. The minimum Gasteiger partial charge on any atom is -0.383 e. The van der Waals surface area contributed by atoms with E-state index < -0.39 is 0 Å². The van der Waals surface area contributed by atoms with E-state index in [1.807, 2.05) is 11.3 Å². The van der Waals surface area contributed by atoms with Crippen LogP contribution in [-0.4, -0.2) is 25.2 Å². The summed E-state index contributed by atoms with van der Waals surface area (Å²) < 4.78 is 5.06. The highest BCUT2D eigenvalue weighted by Gasteiger charge is 2.32. The van der Waals surface area contributed by atoms with Gasteiger partial charge in [0.15, 0.2) is 0 Å². The van der Waals surface area contributed by atoms with Crippen molar-refractivity contribution in [3.63, 3.8) is 0 Å². The maximum atomic E-state index is 5.06. The second kappa shape index (κ2) is 5.87. The lowest BCUT2D eigenvalue weighted by Gasteiger charge is -2.31. The summed E-state index contributed by atoms with van der Waals surface area (Å²) in [5, 5.41) is 4.55. The zero-order chi connectivity index (χ0) is 14.9. The van der Waals surface area contributed by atoms with E-state index in [2.05, 4.69) is 43.4 Å². The molecule has 0 bridgehead atoms. The molecule has 0 amide bonds. The Morgan fingerprint density at radius 2 is 2.14 bits per heavy atom. The Hall–Kier alpha value is -1.23. The summed E-state index contributed by atoms with van der Waals surface area (Å²) in [4.78, 5) is 6.29. The molecule has 4 heteroatoms. The summed E-state index contributed by atoms with van der Waals surface area (Å²) >= 11 is 1.84. The first-order valence-electron chi connectivity index (χ1n) is 7.40. The molecule has 112 valence electrons. The molecular weight excluding hydrogens is 280 g/mol. The second-order valence-electron chi connectivity index (χ2n) is 6.16. The van der Waals surface area contributed by atoms with Gasteiger partial charge in [0.1, 0.15) is 5.01 Å². The molecule has 0 atom stereocenters. The Balaban J connectivity index is 1.87. The fraction of sp³-hybridized carbons (Fsp3) is 0.471. The van der Waals surface area contributed by atoms with Crippen molar-refractivity contribution in [2.75, 3.05) is 20.3 Å². The number of ether oxygens (including phenoxy) is 1. The van der Waals surface area contributed by atoms with Gasteiger partial charge >= 0.3 is 0 Å². The second-order valence-corrected chi connectivity index (χ2v) is 7.32. The van der Waals surface area contributed by atoms with Crippen molar-refractivity contribution < 1.29 is 4.74 Å². The highest BCUT2D eigenvalue weighted by Crippen LogP contribution is 2.44. The zero-order valence-corrected chi connectivity index (χ0v) is 13.7. The van der Waals surface area contributed by atoms with E-state index in [0.29, 0.717) is 0 Å². The van der Waals surface area contributed by atoms with Gasteiger partial charge in [-0.1, -0.05) is 38.1 Å². The van der Waals surface area contributed by atoms with E-state index in [1.165, 1.54) is 26.7 Å². The minimum atomic E-state index is 0.191. The molecule has 1 aliphatic carbocycles. The van der Waals surface area contributed by atoms with Gasteiger partial charge in [0.25, 0.3) is 0 Å². The molecule has 21 heavy (non-hydrogen) atoms. The molecule has 1 N–H and O–H groups in total. The molecule has 0 saturated heterocycles. The van der Waals surface area contributed by atoms with Crippen molar-refractivity contribution in [2.45, 2.75) is 32.2 Å². The molecule has 1 aromatic carbocycles. The number of thiazole rings is 1. The van der Waals surface area contributed by atoms with Gasteiger partial charge in [0.2, 0.25) is 0 Å². The van der Waals surface area contributed by atoms with Crippen LogP contribution >= 0.6 is 11.3 Å². The van der Waals surface area contributed by atoms with E-state index in [4.69, 9.17) is 9.72 Å². The highest BCUT2D eigenvalue weighted by molar-refractivity contribution is 7.12. The maximum absolute atomic E-state index is 5.06. The Labute approximate surface area is 130 Å². The number of aromatic nitrogens is 1. The number of hydrogen-bond acceptors (Lipinski definition) is 4. The van der Waals surface area contributed by atoms with Crippen LogP contribution in [-0.2, 0) is 23.1 Å². The predicted octanol–water partition coefficient (Wildman–Crippen LogP) is 3.38. The van der Waals surface area contributed by atoms with Gasteiger partial charge in [-0.25, -0.2) is 4.98 Å². The van der Waals surface area contributed by atoms with Gasteiger partial charge in [0.05, 0.1) is 12.3 Å². The molecular formula is C17H22N2OS. The predicted molar refractivity (Wildman–Crippen MR) is 87.9 cm³/mol. The monoisotopic (exact) mass is 302 g/mol. The molecule has 1 aromatic heterocycles. The van der Waals surface area contributed by atoms with Crippen LogP contribution < -0.4 is 5.32 Å². The van der Waals surface area contributed by atoms with Crippen molar-refractivity contribution in [3.8, 4) is 11.3 Å². The van der Waals surface area contributed by atoms with E-state index >= 15 is 0 Å². The van der Waals surface area contributed by atoms with Crippen LogP contribution in [0.4, 0.5) is 0 Å². The summed E-state index contributed by atoms with van der Waals surface area (Å²) in [5.41, 5.74) is 4.11. The first-order valence-corrected chi connectivity index (χ1v) is 8.21. The van der Waals surface area contributed by atoms with Crippen molar-refractivity contribution in [3.05, 3.63) is 39.7 Å². The number of methoxy groups -OCH3 is 1. The third-order valence-corrected chi connectivity index (χ3v) is 5.07. The highest BCUT2D eigenvalue weighted by atomic mass is 32.1. The molecule has 3 rings (SSSR count). The Bertz CT molecular complexity index is 633. The molecule has 1 aliphatic rings. The van der Waals surface area contributed by atoms with Crippen LogP contribution in [0.2, 0.25) is 0 Å². The number of benzene rings is 1. The van der Waals surface area contributed by atoms with Gasteiger partial charge in [0, 0.05) is 30.6 Å². The van der Waals surface area contributed by atoms with Gasteiger partial charge in [-0.2, -0.15) is 0 Å². The van der Waals surface area contributed by atoms with Crippen LogP contribution in [0.3, 0.4) is 0 Å². The van der Waals surface area contributed by atoms with Gasteiger partial charge in [-0.05, 0) is 17.4 Å². The number of rotatable bonds is 5. The molecule has 0 aliphatic heterocycles. The lowest BCUT2D eigenvalue weighted by Crippen LogP contribution is -2.24. The maximum Gasteiger partial charge on any atom is 0.107 e. The van der Waals surface area contributed by atoms with Crippen LogP contribution in [0.25, 0.3) is 11.3 Å². The normalized spacial score (nSPS) is 15.6. The van der Waals surface area contributed by atoms with Gasteiger partial charge in [-0.3, -0.25) is 0 Å². The Morgan fingerprint density at radius 1 is 1.33 bits per heavy atom. The largest absolute Gasteiger partial charge is 0.383 e. The Morgan fingerprint density at radius 3 is 2.95 bits per heavy atom. The summed E-state index contributed by atoms with van der Waals surface area (Å²) in [6.45, 7) is 7.07. The molecule has 1 heterocycles. The van der Waals surface area contributed by atoms with Crippen molar-refractivity contribution in [1.82, 2.24) is 10.3 Å². The number of fused-ring (bicyclic) bond motifs is 3. The summed E-state index contributed by atoms with van der Waals surface area (Å²) in [5.74, 6) is 0. The summed E-state index contributed by atoms with van der Waals surface area (Å²) in [6, 6.07) is 8.69. The van der Waals surface area contributed by atoms with Crippen molar-refractivity contribution >= 4 is 11.3 Å². The molecule has 2 aromatic rings.